The summed E-state index contributed by atoms with van der Waals surface area (Å²) < 4.78 is 21.3. The van der Waals surface area contributed by atoms with E-state index >= 15 is 0 Å². The van der Waals surface area contributed by atoms with Crippen LogP contribution in [0.5, 0.6) is 5.75 Å². The van der Waals surface area contributed by atoms with Gasteiger partial charge in [0.2, 0.25) is 0 Å². The third-order valence-corrected chi connectivity index (χ3v) is 4.51. The molecular weight excluding hydrogens is 315 g/mol. The van der Waals surface area contributed by atoms with Gasteiger partial charge in [0.15, 0.2) is 10.9 Å². The number of rotatable bonds is 3. The first-order valence-electron chi connectivity index (χ1n) is 7.10. The van der Waals surface area contributed by atoms with E-state index in [1.807, 2.05) is 35.9 Å². The van der Waals surface area contributed by atoms with Crippen LogP contribution in [0.3, 0.4) is 0 Å². The lowest BCUT2D eigenvalue weighted by atomic mass is 10.3. The molecule has 23 heavy (non-hydrogen) atoms. The number of para-hydroxylation sites is 1. The zero-order chi connectivity index (χ0) is 16.4. The van der Waals surface area contributed by atoms with E-state index in [1.54, 1.807) is 6.92 Å². The Morgan fingerprint density at radius 1 is 1.22 bits per heavy atom. The topological polar surface area (TPSA) is 43.6 Å². The number of amides is 1. The zero-order valence-corrected chi connectivity index (χ0v) is 13.5. The number of carbonyl (C=O) groups excluding carboxylic acids is 1. The molecule has 3 rings (SSSR count). The van der Waals surface area contributed by atoms with E-state index in [1.165, 1.54) is 35.6 Å². The second kappa shape index (κ2) is 6.34. The third-order valence-electron chi connectivity index (χ3n) is 3.39. The third kappa shape index (κ3) is 3.32. The molecule has 0 saturated carbocycles. The largest absolute Gasteiger partial charge is 0.481 e. The van der Waals surface area contributed by atoms with Gasteiger partial charge in [0.05, 0.1) is 10.2 Å². The molecule has 0 spiro atoms. The van der Waals surface area contributed by atoms with Crippen molar-refractivity contribution >= 4 is 27.5 Å². The van der Waals surface area contributed by atoms with Crippen LogP contribution in [0, 0.1) is 5.82 Å². The molecule has 4 nitrogen and oxygen atoms in total. The van der Waals surface area contributed by atoms with E-state index in [-0.39, 0.29) is 11.7 Å². The minimum atomic E-state index is -0.745. The summed E-state index contributed by atoms with van der Waals surface area (Å²) in [6.07, 6.45) is -0.745. The first kappa shape index (κ1) is 15.4. The fraction of sp³-hybridized carbons (Fsp3) is 0.176. The molecule has 0 aliphatic heterocycles. The van der Waals surface area contributed by atoms with Gasteiger partial charge in [-0.3, -0.25) is 4.79 Å². The quantitative estimate of drug-likeness (QED) is 0.740. The highest BCUT2D eigenvalue weighted by Crippen LogP contribution is 2.16. The number of benzene rings is 2. The van der Waals surface area contributed by atoms with Crippen LogP contribution in [0.15, 0.2) is 53.5 Å². The van der Waals surface area contributed by atoms with Gasteiger partial charge in [-0.15, -0.1) is 0 Å². The van der Waals surface area contributed by atoms with Crippen molar-refractivity contribution in [2.45, 2.75) is 13.0 Å². The van der Waals surface area contributed by atoms with Gasteiger partial charge >= 0.3 is 0 Å². The lowest BCUT2D eigenvalue weighted by Crippen LogP contribution is -2.25. The standard InChI is InChI=1S/C17H15FN2O2S/c1-11(22-13-9-7-12(18)8-10-13)16(21)19-17-20(2)14-5-3-4-6-15(14)23-17/h3-11H,1-2H3/t11-/m0/s1. The lowest BCUT2D eigenvalue weighted by molar-refractivity contribution is -0.124. The Morgan fingerprint density at radius 2 is 1.91 bits per heavy atom. The molecule has 1 amide bonds. The molecule has 0 saturated heterocycles. The molecule has 0 aliphatic carbocycles. The van der Waals surface area contributed by atoms with Crippen molar-refractivity contribution in [1.82, 2.24) is 4.57 Å². The van der Waals surface area contributed by atoms with Crippen LogP contribution in [0.1, 0.15) is 6.92 Å². The smallest absolute Gasteiger partial charge is 0.289 e. The Kier molecular flexibility index (Phi) is 4.25. The van der Waals surface area contributed by atoms with E-state index in [9.17, 15) is 9.18 Å². The maximum atomic E-state index is 12.9. The van der Waals surface area contributed by atoms with E-state index in [0.29, 0.717) is 10.6 Å². The van der Waals surface area contributed by atoms with Crippen molar-refractivity contribution in [3.05, 3.63) is 59.1 Å². The average Bonchev–Trinajstić information content (AvgIpc) is 2.86. The number of nitrogens with zero attached hydrogens (tertiary/aromatic N) is 2. The summed E-state index contributed by atoms with van der Waals surface area (Å²) in [5.74, 6) is -0.294. The van der Waals surface area contributed by atoms with Crippen LogP contribution in [-0.4, -0.2) is 16.6 Å². The highest BCUT2D eigenvalue weighted by Gasteiger charge is 2.14. The first-order valence-corrected chi connectivity index (χ1v) is 7.91. The number of hydrogen-bond donors (Lipinski definition) is 0. The highest BCUT2D eigenvalue weighted by atomic mass is 32.1. The number of fused-ring (bicyclic) bond motifs is 1. The molecule has 0 N–H and O–H groups in total. The minimum absolute atomic E-state index is 0.349. The van der Waals surface area contributed by atoms with E-state index in [2.05, 4.69) is 4.99 Å². The lowest BCUT2D eigenvalue weighted by Gasteiger charge is -2.10. The summed E-state index contributed by atoms with van der Waals surface area (Å²) in [4.78, 5) is 17.0. The van der Waals surface area contributed by atoms with Gasteiger partial charge in [-0.25, -0.2) is 4.39 Å². The molecule has 0 radical (unpaired) electrons. The second-order valence-electron chi connectivity index (χ2n) is 5.08. The van der Waals surface area contributed by atoms with Gasteiger partial charge in [0, 0.05) is 7.05 Å². The summed E-state index contributed by atoms with van der Waals surface area (Å²) in [7, 11) is 1.87. The van der Waals surface area contributed by atoms with E-state index in [4.69, 9.17) is 4.74 Å². The maximum Gasteiger partial charge on any atom is 0.289 e. The monoisotopic (exact) mass is 330 g/mol. The molecule has 2 aromatic carbocycles. The maximum absolute atomic E-state index is 12.9. The van der Waals surface area contributed by atoms with E-state index < -0.39 is 6.10 Å². The fourth-order valence-corrected chi connectivity index (χ4v) is 3.16. The normalized spacial score (nSPS) is 13.3. The van der Waals surface area contributed by atoms with Crippen LogP contribution in [0.2, 0.25) is 0 Å². The molecule has 1 atom stereocenters. The molecule has 0 aliphatic rings. The number of hydrogen-bond acceptors (Lipinski definition) is 3. The van der Waals surface area contributed by atoms with Gasteiger partial charge in [-0.05, 0) is 43.3 Å². The summed E-state index contributed by atoms with van der Waals surface area (Å²) >= 11 is 1.45. The summed E-state index contributed by atoms with van der Waals surface area (Å²) in [5, 5.41) is 0. The average molecular weight is 330 g/mol. The van der Waals surface area contributed by atoms with Crippen molar-refractivity contribution in [3.63, 3.8) is 0 Å². The second-order valence-corrected chi connectivity index (χ2v) is 6.08. The molecule has 118 valence electrons. The van der Waals surface area contributed by atoms with Gasteiger partial charge in [0.1, 0.15) is 11.6 Å². The number of halogens is 1. The van der Waals surface area contributed by atoms with Gasteiger partial charge < -0.3 is 9.30 Å². The number of thiazole rings is 1. The Balaban J connectivity index is 1.84. The molecule has 0 bridgehead atoms. The first-order chi connectivity index (χ1) is 11.0. The summed E-state index contributed by atoms with van der Waals surface area (Å²) in [5.41, 5.74) is 1.02. The minimum Gasteiger partial charge on any atom is -0.481 e. The molecule has 3 aromatic rings. The molecule has 1 heterocycles. The SMILES string of the molecule is C[C@H](Oc1ccc(F)cc1)C(=O)N=c1sc2ccccc2n1C. The number of carbonyl (C=O) groups is 1. The Morgan fingerprint density at radius 3 is 2.61 bits per heavy atom. The Bertz CT molecular complexity index is 912. The Labute approximate surface area is 136 Å². The van der Waals surface area contributed by atoms with Crippen LogP contribution in [0.25, 0.3) is 10.2 Å². The van der Waals surface area contributed by atoms with E-state index in [0.717, 1.165) is 10.2 Å². The van der Waals surface area contributed by atoms with Gasteiger partial charge in [0.25, 0.3) is 5.91 Å². The molecule has 0 unspecified atom stereocenters. The van der Waals surface area contributed by atoms with Crippen molar-refractivity contribution in [2.24, 2.45) is 12.0 Å². The number of aromatic nitrogens is 1. The summed E-state index contributed by atoms with van der Waals surface area (Å²) in [6.45, 7) is 1.63. The van der Waals surface area contributed by atoms with Crippen molar-refractivity contribution in [1.29, 1.82) is 0 Å². The molecule has 0 fully saturated rings. The van der Waals surface area contributed by atoms with Crippen LogP contribution in [0.4, 0.5) is 4.39 Å². The predicted molar refractivity (Wildman–Crippen MR) is 87.9 cm³/mol. The Hall–Kier alpha value is -2.47. The van der Waals surface area contributed by atoms with Gasteiger partial charge in [-0.2, -0.15) is 4.99 Å². The predicted octanol–water partition coefficient (Wildman–Crippen LogP) is 3.27. The van der Waals surface area contributed by atoms with Crippen molar-refractivity contribution < 1.29 is 13.9 Å². The van der Waals surface area contributed by atoms with Crippen LogP contribution >= 0.6 is 11.3 Å². The highest BCUT2D eigenvalue weighted by molar-refractivity contribution is 7.16. The van der Waals surface area contributed by atoms with Crippen LogP contribution < -0.4 is 9.54 Å². The zero-order valence-electron chi connectivity index (χ0n) is 12.7. The molecular formula is C17H15FN2O2S. The molecule has 1 aromatic heterocycles. The molecule has 6 heteroatoms. The number of ether oxygens (including phenoxy) is 1. The van der Waals surface area contributed by atoms with Crippen LogP contribution in [-0.2, 0) is 11.8 Å². The van der Waals surface area contributed by atoms with Crippen molar-refractivity contribution in [2.75, 3.05) is 0 Å². The summed E-state index contributed by atoms with van der Waals surface area (Å²) in [6, 6.07) is 13.4. The van der Waals surface area contributed by atoms with Gasteiger partial charge in [-0.1, -0.05) is 23.5 Å². The fourth-order valence-electron chi connectivity index (χ4n) is 2.14. The van der Waals surface area contributed by atoms with Crippen molar-refractivity contribution in [3.8, 4) is 5.75 Å². The number of aryl methyl sites for hydroxylation is 1.